The molecule has 2 aromatic rings. The van der Waals surface area contributed by atoms with Crippen molar-refractivity contribution in [1.29, 1.82) is 0 Å². The predicted molar refractivity (Wildman–Crippen MR) is 142 cm³/mol. The lowest BCUT2D eigenvalue weighted by Gasteiger charge is -2.19. The Hall–Kier alpha value is -2.34. The molecule has 0 bridgehead atoms. The van der Waals surface area contributed by atoms with E-state index in [1.165, 1.54) is 0 Å². The van der Waals surface area contributed by atoms with Gasteiger partial charge < -0.3 is 14.6 Å². The lowest BCUT2D eigenvalue weighted by molar-refractivity contribution is 0.0527. The van der Waals surface area contributed by atoms with Crippen LogP contribution in [0, 0.1) is 6.92 Å². The number of benzene rings is 1. The van der Waals surface area contributed by atoms with Gasteiger partial charge in [0, 0.05) is 35.0 Å². The molecule has 2 rings (SSSR count). The monoisotopic (exact) mass is 516 g/mol. The van der Waals surface area contributed by atoms with Crippen LogP contribution in [-0.4, -0.2) is 22.8 Å². The molecule has 0 aliphatic rings. The summed E-state index contributed by atoms with van der Waals surface area (Å²) in [5.74, 6) is 0. The largest absolute Gasteiger partial charge is 0.444 e. The number of unbranched alkanes of at least 4 members (excludes halogenated alkanes) is 4. The van der Waals surface area contributed by atoms with E-state index in [0.717, 1.165) is 70.7 Å². The van der Waals surface area contributed by atoms with E-state index in [2.05, 4.69) is 34.4 Å². The molecule has 1 N–H and O–H groups in total. The first kappa shape index (κ1) is 26.9. The third-order valence-electron chi connectivity index (χ3n) is 5.56. The highest BCUT2D eigenvalue weighted by Crippen LogP contribution is 2.31. The molecule has 0 aliphatic carbocycles. The average Bonchev–Trinajstić information content (AvgIpc) is 2.71. The highest BCUT2D eigenvalue weighted by Gasteiger charge is 2.15. The van der Waals surface area contributed by atoms with E-state index in [0.29, 0.717) is 11.9 Å². The number of carbonyl (C=O) groups is 1. The standard InChI is InChI=1S/C27H37BrN2O3/c1-18(13-11-9-8-10-12-14-29-26(32)33-27(4,5)6)20(3)21-16-23-22(15-19(21)2)24(28)17-30(7)25(23)31/h15-17H,1,3,8-14H2,2,4-7H3,(H,29,32). The van der Waals surface area contributed by atoms with E-state index < -0.39 is 5.60 Å². The van der Waals surface area contributed by atoms with E-state index in [-0.39, 0.29) is 11.7 Å². The quantitative estimate of drug-likeness (QED) is 0.272. The summed E-state index contributed by atoms with van der Waals surface area (Å²) in [5.41, 5.74) is 3.49. The number of amides is 1. The molecule has 0 saturated carbocycles. The Morgan fingerprint density at radius 3 is 2.39 bits per heavy atom. The summed E-state index contributed by atoms with van der Waals surface area (Å²) in [6.45, 7) is 16.8. The van der Waals surface area contributed by atoms with Gasteiger partial charge in [0.25, 0.3) is 5.56 Å². The molecule has 1 heterocycles. The number of pyridine rings is 1. The first-order valence-corrected chi connectivity index (χ1v) is 12.3. The van der Waals surface area contributed by atoms with Crippen LogP contribution >= 0.6 is 15.9 Å². The second-order valence-electron chi connectivity index (χ2n) is 9.63. The zero-order chi connectivity index (χ0) is 24.8. The average molecular weight is 518 g/mol. The highest BCUT2D eigenvalue weighted by molar-refractivity contribution is 9.10. The van der Waals surface area contributed by atoms with Gasteiger partial charge in [-0.15, -0.1) is 0 Å². The van der Waals surface area contributed by atoms with Gasteiger partial charge in [0.1, 0.15) is 5.60 Å². The Labute approximate surface area is 206 Å². The summed E-state index contributed by atoms with van der Waals surface area (Å²) in [6, 6.07) is 3.99. The molecule has 0 fully saturated rings. The Balaban J connectivity index is 1.80. The second-order valence-corrected chi connectivity index (χ2v) is 10.5. The molecule has 1 aromatic heterocycles. The number of carbonyl (C=O) groups excluding carboxylic acids is 1. The van der Waals surface area contributed by atoms with Crippen LogP contribution in [0.2, 0.25) is 0 Å². The summed E-state index contributed by atoms with van der Waals surface area (Å²) < 4.78 is 7.72. The molecular formula is C27H37BrN2O3. The number of nitrogens with zero attached hydrogens (tertiary/aromatic N) is 1. The van der Waals surface area contributed by atoms with Gasteiger partial charge in [-0.25, -0.2) is 4.79 Å². The molecule has 0 radical (unpaired) electrons. The summed E-state index contributed by atoms with van der Waals surface area (Å²) in [6.07, 6.45) is 7.56. The molecule has 0 saturated heterocycles. The van der Waals surface area contributed by atoms with Gasteiger partial charge in [0.15, 0.2) is 0 Å². The lowest BCUT2D eigenvalue weighted by Crippen LogP contribution is -2.32. The molecule has 5 nitrogen and oxygen atoms in total. The number of ether oxygens (including phenoxy) is 1. The van der Waals surface area contributed by atoms with Gasteiger partial charge in [0.2, 0.25) is 0 Å². The molecule has 0 aliphatic heterocycles. The number of allylic oxidation sites excluding steroid dienone is 2. The maximum Gasteiger partial charge on any atom is 0.407 e. The summed E-state index contributed by atoms with van der Waals surface area (Å²) in [7, 11) is 1.76. The molecule has 0 atom stereocenters. The van der Waals surface area contributed by atoms with Gasteiger partial charge in [-0.3, -0.25) is 4.79 Å². The fourth-order valence-corrected chi connectivity index (χ4v) is 4.37. The maximum absolute atomic E-state index is 12.6. The zero-order valence-corrected chi connectivity index (χ0v) is 22.2. The molecule has 0 unspecified atom stereocenters. The summed E-state index contributed by atoms with van der Waals surface area (Å²) >= 11 is 3.56. The number of nitrogens with one attached hydrogen (secondary N) is 1. The highest BCUT2D eigenvalue weighted by atomic mass is 79.9. The van der Waals surface area contributed by atoms with E-state index in [4.69, 9.17) is 4.74 Å². The molecule has 180 valence electrons. The Bertz CT molecular complexity index is 1090. The fraction of sp³-hybridized carbons (Fsp3) is 0.481. The Morgan fingerprint density at radius 1 is 1.09 bits per heavy atom. The topological polar surface area (TPSA) is 60.3 Å². The molecule has 1 amide bonds. The smallest absolute Gasteiger partial charge is 0.407 e. The van der Waals surface area contributed by atoms with Crippen molar-refractivity contribution in [3.63, 3.8) is 0 Å². The van der Waals surface area contributed by atoms with Crippen LogP contribution in [0.4, 0.5) is 4.79 Å². The van der Waals surface area contributed by atoms with Gasteiger partial charge in [0.05, 0.1) is 0 Å². The van der Waals surface area contributed by atoms with Crippen LogP contribution in [-0.2, 0) is 11.8 Å². The van der Waals surface area contributed by atoms with Crippen molar-refractivity contribution in [2.45, 2.75) is 71.8 Å². The van der Waals surface area contributed by atoms with E-state index in [1.54, 1.807) is 17.8 Å². The number of halogens is 1. The van der Waals surface area contributed by atoms with E-state index in [1.807, 2.05) is 39.8 Å². The fourth-order valence-electron chi connectivity index (χ4n) is 3.74. The number of aryl methyl sites for hydroxylation is 2. The number of hydrogen-bond acceptors (Lipinski definition) is 3. The molecule has 6 heteroatoms. The first-order valence-electron chi connectivity index (χ1n) is 11.5. The summed E-state index contributed by atoms with van der Waals surface area (Å²) in [5, 5.41) is 4.39. The maximum atomic E-state index is 12.6. The minimum atomic E-state index is -0.464. The van der Waals surface area contributed by atoms with Crippen LogP contribution in [0.25, 0.3) is 16.3 Å². The SMILES string of the molecule is C=C(CCCCCCCNC(=O)OC(C)(C)C)C(=C)c1cc2c(=O)n(C)cc(Br)c2cc1C. The minimum Gasteiger partial charge on any atom is -0.444 e. The van der Waals surface area contributed by atoms with Crippen molar-refractivity contribution in [3.05, 3.63) is 63.0 Å². The van der Waals surface area contributed by atoms with Crippen LogP contribution < -0.4 is 10.9 Å². The van der Waals surface area contributed by atoms with Gasteiger partial charge in [-0.05, 0) is 97.3 Å². The van der Waals surface area contributed by atoms with Crippen LogP contribution in [0.1, 0.15) is 70.4 Å². The number of hydrogen-bond donors (Lipinski definition) is 1. The second kappa shape index (κ2) is 11.7. The third-order valence-corrected chi connectivity index (χ3v) is 6.19. The van der Waals surface area contributed by atoms with E-state index in [9.17, 15) is 9.59 Å². The lowest BCUT2D eigenvalue weighted by atomic mass is 9.91. The van der Waals surface area contributed by atoms with Crippen molar-refractivity contribution in [2.24, 2.45) is 7.05 Å². The zero-order valence-electron chi connectivity index (χ0n) is 20.6. The first-order chi connectivity index (χ1) is 15.4. The number of fused-ring (bicyclic) bond motifs is 1. The van der Waals surface area contributed by atoms with Crippen molar-refractivity contribution < 1.29 is 9.53 Å². The molecule has 1 aromatic carbocycles. The van der Waals surface area contributed by atoms with Crippen LogP contribution in [0.15, 0.2) is 46.3 Å². The van der Waals surface area contributed by atoms with Gasteiger partial charge in [-0.1, -0.05) is 32.4 Å². The molecular weight excluding hydrogens is 480 g/mol. The Kier molecular flexibility index (Phi) is 9.53. The van der Waals surface area contributed by atoms with Crippen molar-refractivity contribution in [2.75, 3.05) is 6.54 Å². The predicted octanol–water partition coefficient (Wildman–Crippen LogP) is 7.04. The minimum absolute atomic E-state index is 0.0194. The Morgan fingerprint density at radius 2 is 1.73 bits per heavy atom. The normalized spacial score (nSPS) is 11.5. The van der Waals surface area contributed by atoms with Crippen LogP contribution in [0.3, 0.4) is 0 Å². The number of alkyl carbamates (subject to hydrolysis) is 1. The van der Waals surface area contributed by atoms with E-state index >= 15 is 0 Å². The van der Waals surface area contributed by atoms with Crippen molar-refractivity contribution >= 4 is 38.4 Å². The van der Waals surface area contributed by atoms with Gasteiger partial charge >= 0.3 is 6.09 Å². The summed E-state index contributed by atoms with van der Waals surface area (Å²) in [4.78, 5) is 24.2. The van der Waals surface area contributed by atoms with Gasteiger partial charge in [-0.2, -0.15) is 0 Å². The van der Waals surface area contributed by atoms with Crippen LogP contribution in [0.5, 0.6) is 0 Å². The molecule has 33 heavy (non-hydrogen) atoms. The number of rotatable bonds is 10. The third kappa shape index (κ3) is 7.88. The molecule has 0 spiro atoms. The number of aromatic nitrogens is 1. The van der Waals surface area contributed by atoms with Crippen molar-refractivity contribution in [3.8, 4) is 0 Å². The van der Waals surface area contributed by atoms with Crippen molar-refractivity contribution in [1.82, 2.24) is 9.88 Å².